The molecule has 2 fully saturated rings. The van der Waals surface area contributed by atoms with E-state index >= 15 is 0 Å². The fourth-order valence-corrected chi connectivity index (χ4v) is 105. The van der Waals surface area contributed by atoms with Gasteiger partial charge in [-0.3, -0.25) is 0 Å². The van der Waals surface area contributed by atoms with Crippen LogP contribution in [0.2, 0.25) is 165 Å². The van der Waals surface area contributed by atoms with Crippen molar-refractivity contribution in [2.24, 2.45) is 0 Å². The average Bonchev–Trinajstić information content (AvgIpc) is 2.86. The molecule has 0 aliphatic carbocycles. The van der Waals surface area contributed by atoms with Gasteiger partial charge in [0, 0.05) is 0 Å². The van der Waals surface area contributed by atoms with E-state index in [4.69, 9.17) is 0 Å². The van der Waals surface area contributed by atoms with Crippen molar-refractivity contribution in [3.05, 3.63) is 0 Å². The molecule has 0 unspecified atom stereocenters. The minimum absolute atomic E-state index is 0.394. The van der Waals surface area contributed by atoms with Gasteiger partial charge in [0.25, 0.3) is 0 Å². The molecule has 2 aliphatic heterocycles. The Bertz CT molecular complexity index is 1040. The van der Waals surface area contributed by atoms with Crippen LogP contribution in [0.5, 0.6) is 0 Å². The van der Waals surface area contributed by atoms with Gasteiger partial charge in [0.05, 0.1) is 0 Å². The van der Waals surface area contributed by atoms with Crippen molar-refractivity contribution in [2.45, 2.75) is 281 Å². The topological polar surface area (TPSA) is 13.0 Å². The van der Waals surface area contributed by atoms with Crippen molar-refractivity contribution >= 4 is 112 Å². The Morgan fingerprint density at radius 1 is 0.356 bits per heavy atom. The molecular weight excluding hydrogens is 1030 g/mol. The van der Waals surface area contributed by atoms with E-state index in [1.54, 1.807) is 0 Å². The van der Waals surface area contributed by atoms with Gasteiger partial charge >= 0.3 is 408 Å². The van der Waals surface area contributed by atoms with Crippen LogP contribution in [0.3, 0.4) is 0 Å². The van der Waals surface area contributed by atoms with Crippen LogP contribution in [-0.4, -0.2) is 149 Å². The van der Waals surface area contributed by atoms with Crippen LogP contribution < -0.4 is 0 Å². The molecule has 4 nitrogen and oxygen atoms in total. The standard InChI is InChI=1S/C18H38GeN2.C14H40GeSi4.C12H38GeN2Si4/c1-15(2)11-9-12-16(3,4)20(15)19-21-17(5,6)13-10-14-18(21,7)8;1-16(2,3)13(17(4,5)6)15-14(18(7,8)9)19(10,11)12;1-16(2,3)14(17(4,5)6)13-15(18(7,8)9)19(10,11)12/h9-14,19H2,1-8H3;13-14H,15H2,1-12H3;13H2,1-12H3. The van der Waals surface area contributed by atoms with Crippen molar-refractivity contribution in [3.63, 3.8) is 0 Å². The number of hydrogen-bond acceptors (Lipinski definition) is 4. The van der Waals surface area contributed by atoms with Crippen molar-refractivity contribution < 1.29 is 0 Å². The fourth-order valence-electron chi connectivity index (χ4n) is 12.2. The monoisotopic (exact) mass is 1150 g/mol. The molecule has 0 aromatic heterocycles. The van der Waals surface area contributed by atoms with Gasteiger partial charge in [-0.2, -0.15) is 0 Å². The molecule has 2 rings (SSSR count). The maximum absolute atomic E-state index is 3.13. The summed E-state index contributed by atoms with van der Waals surface area (Å²) in [5, 5.41) is 0. The van der Waals surface area contributed by atoms with E-state index in [0.717, 1.165) is 0 Å². The van der Waals surface area contributed by atoms with Crippen LogP contribution in [0.4, 0.5) is 0 Å². The summed E-state index contributed by atoms with van der Waals surface area (Å²) >= 11 is -2.21. The van der Waals surface area contributed by atoms with Crippen molar-refractivity contribution in [1.29, 1.82) is 0 Å². The van der Waals surface area contributed by atoms with Gasteiger partial charge in [0.1, 0.15) is 0 Å². The molecule has 0 radical (unpaired) electrons. The second-order valence-corrected chi connectivity index (χ2v) is 96.8. The van der Waals surface area contributed by atoms with Gasteiger partial charge in [-0.25, -0.2) is 0 Å². The van der Waals surface area contributed by atoms with Gasteiger partial charge in [0.15, 0.2) is 0 Å². The second kappa shape index (κ2) is 21.2. The third kappa shape index (κ3) is 20.1. The predicted molar refractivity (Wildman–Crippen MR) is 311 cm³/mol. The molecule has 0 N–H and O–H groups in total. The molecular formula is C44H116Ge3N4Si8. The summed E-state index contributed by atoms with van der Waals surface area (Å²) in [6, 6.07) is 0. The number of piperidine rings is 2. The Balaban J connectivity index is 0.000000858. The number of nitrogens with zero attached hydrogens (tertiary/aromatic N) is 4. The first-order chi connectivity index (χ1) is 25.3. The first-order valence-electron chi connectivity index (χ1n) is 24.4. The molecule has 15 heteroatoms. The molecule has 0 aromatic carbocycles. The van der Waals surface area contributed by atoms with Crippen LogP contribution >= 0.6 is 0 Å². The van der Waals surface area contributed by atoms with Gasteiger partial charge in [-0.05, 0) is 0 Å². The zero-order chi connectivity index (χ0) is 47.8. The SMILES string of the molecule is CC1(C)CCCC(C)(C)[N]1[GeH2][N]1C(C)(C)CCCC1(C)C.C[Si](C)(C)[CH]([GeH2][CH]([Si](C)(C)C)[Si](C)(C)C)[Si](C)(C)C.C[Si](C)(C)[N]([GeH2][N]([Si](C)(C)C)[Si](C)(C)C)[Si](C)(C)C. The molecule has 0 saturated carbocycles. The number of hydrogen-bond donors (Lipinski definition) is 0. The van der Waals surface area contributed by atoms with E-state index in [1.165, 1.54) is 46.5 Å². The molecule has 59 heavy (non-hydrogen) atoms. The Morgan fingerprint density at radius 2 is 0.542 bits per heavy atom. The molecule has 2 saturated heterocycles. The van der Waals surface area contributed by atoms with E-state index in [-0.39, 0.29) is 0 Å². The molecule has 2 aliphatic rings. The molecule has 0 spiro atoms. The third-order valence-electron chi connectivity index (χ3n) is 14.5. The third-order valence-corrected chi connectivity index (χ3v) is 122. The summed E-state index contributed by atoms with van der Waals surface area (Å²) in [4.78, 5) is 0. The van der Waals surface area contributed by atoms with Crippen LogP contribution in [-0.2, 0) is 0 Å². The molecule has 0 atom stereocenters. The summed E-state index contributed by atoms with van der Waals surface area (Å²) in [7, 11) is -8.46. The summed E-state index contributed by atoms with van der Waals surface area (Å²) in [5.74, 6) is 0. The van der Waals surface area contributed by atoms with Gasteiger partial charge in [0.2, 0.25) is 0 Å². The van der Waals surface area contributed by atoms with E-state index in [2.05, 4.69) is 227 Å². The number of rotatable bonds is 14. The van der Waals surface area contributed by atoms with Crippen LogP contribution in [0.15, 0.2) is 0 Å². The summed E-state index contributed by atoms with van der Waals surface area (Å²) in [6.07, 6.45) is 8.27. The summed E-state index contributed by atoms with van der Waals surface area (Å²) in [5.41, 5.74) is 1.58. The quantitative estimate of drug-likeness (QED) is 0.161. The van der Waals surface area contributed by atoms with Crippen LogP contribution in [0.1, 0.15) is 93.9 Å². The first kappa shape index (κ1) is 62.2. The molecule has 356 valence electrons. The first-order valence-corrected chi connectivity index (χ1v) is 61.3. The summed E-state index contributed by atoms with van der Waals surface area (Å²) in [6.45, 7) is 82.5. The normalized spacial score (nSPS) is 21.4. The molecule has 0 aromatic rings. The molecule has 0 bridgehead atoms. The van der Waals surface area contributed by atoms with Crippen LogP contribution in [0, 0.1) is 0 Å². The second-order valence-electron chi connectivity index (χ2n) is 30.4. The van der Waals surface area contributed by atoms with Gasteiger partial charge in [-0.1, -0.05) is 0 Å². The average molecular weight is 1140 g/mol. The van der Waals surface area contributed by atoms with E-state index in [9.17, 15) is 0 Å². The van der Waals surface area contributed by atoms with Crippen LogP contribution in [0.25, 0.3) is 0 Å². The maximum atomic E-state index is 3.13. The Labute approximate surface area is 404 Å². The Kier molecular flexibility index (Phi) is 22.4. The van der Waals surface area contributed by atoms with Crippen molar-refractivity contribution in [1.82, 2.24) is 14.1 Å². The predicted octanol–water partition coefficient (Wildman–Crippen LogP) is 13.2. The van der Waals surface area contributed by atoms with Gasteiger partial charge in [-0.15, -0.1) is 0 Å². The molecule has 2 heterocycles. The van der Waals surface area contributed by atoms with Crippen molar-refractivity contribution in [2.75, 3.05) is 0 Å². The Morgan fingerprint density at radius 3 is 0.695 bits per heavy atom. The summed E-state index contributed by atoms with van der Waals surface area (Å²) < 4.78 is 14.8. The molecule has 0 amide bonds. The fraction of sp³-hybridized carbons (Fsp3) is 1.00. The van der Waals surface area contributed by atoms with Gasteiger partial charge < -0.3 is 0 Å². The zero-order valence-corrected chi connectivity index (χ0v) is 64.2. The van der Waals surface area contributed by atoms with Crippen molar-refractivity contribution in [3.8, 4) is 0 Å². The van der Waals surface area contributed by atoms with E-state index in [0.29, 0.717) is 22.2 Å². The van der Waals surface area contributed by atoms with E-state index < -0.39 is 112 Å². The Hall–Kier alpha value is 3.20. The zero-order valence-electron chi connectivity index (χ0n) is 47.3. The minimum atomic E-state index is -1.16. The van der Waals surface area contributed by atoms with E-state index in [1.807, 2.05) is 0 Å².